The first-order valence-electron chi connectivity index (χ1n) is 9.75. The fraction of sp³-hybridized carbons (Fsp3) is 0.318. The summed E-state index contributed by atoms with van der Waals surface area (Å²) in [7, 11) is 0. The van der Waals surface area contributed by atoms with Crippen molar-refractivity contribution >= 4 is 39.6 Å². The van der Waals surface area contributed by atoms with Crippen LogP contribution in [0.15, 0.2) is 35.7 Å². The summed E-state index contributed by atoms with van der Waals surface area (Å²) in [5, 5.41) is 8.37. The normalized spacial score (nSPS) is 14.1. The average molecular weight is 426 g/mol. The monoisotopic (exact) mass is 425 g/mol. The summed E-state index contributed by atoms with van der Waals surface area (Å²) in [5.41, 5.74) is 4.18. The number of thiazole rings is 1. The van der Waals surface area contributed by atoms with Crippen molar-refractivity contribution in [3.8, 4) is 11.3 Å². The molecule has 0 radical (unpaired) electrons. The van der Waals surface area contributed by atoms with Crippen LogP contribution in [0.1, 0.15) is 58.4 Å². The highest BCUT2D eigenvalue weighted by Crippen LogP contribution is 2.31. The number of benzene rings is 1. The highest BCUT2D eigenvalue weighted by molar-refractivity contribution is 7.15. The van der Waals surface area contributed by atoms with Crippen molar-refractivity contribution in [1.82, 2.24) is 10.3 Å². The van der Waals surface area contributed by atoms with Crippen LogP contribution in [0.25, 0.3) is 11.3 Å². The largest absolute Gasteiger partial charge is 0.350 e. The van der Waals surface area contributed by atoms with Crippen LogP contribution < -0.4 is 10.6 Å². The number of rotatable bonds is 5. The van der Waals surface area contributed by atoms with Crippen LogP contribution in [0.2, 0.25) is 0 Å². The topological polar surface area (TPSA) is 71.1 Å². The van der Waals surface area contributed by atoms with Crippen LogP contribution in [-0.4, -0.2) is 16.8 Å². The molecule has 4 rings (SSSR count). The zero-order valence-corrected chi connectivity index (χ0v) is 18.1. The van der Waals surface area contributed by atoms with E-state index in [1.54, 1.807) is 11.3 Å². The van der Waals surface area contributed by atoms with Gasteiger partial charge in [0.2, 0.25) is 5.91 Å². The van der Waals surface area contributed by atoms with Crippen molar-refractivity contribution < 1.29 is 9.59 Å². The minimum Gasteiger partial charge on any atom is -0.350 e. The van der Waals surface area contributed by atoms with E-state index < -0.39 is 0 Å². The number of nitrogens with zero attached hydrogens (tertiary/aromatic N) is 1. The molecule has 5 nitrogen and oxygen atoms in total. The van der Waals surface area contributed by atoms with Gasteiger partial charge in [0.1, 0.15) is 0 Å². The summed E-state index contributed by atoms with van der Waals surface area (Å²) >= 11 is 3.03. The van der Waals surface area contributed by atoms with Gasteiger partial charge in [0.15, 0.2) is 5.13 Å². The summed E-state index contributed by atoms with van der Waals surface area (Å²) in [6.07, 6.45) is 4.60. The van der Waals surface area contributed by atoms with Gasteiger partial charge in [-0.15, -0.1) is 22.7 Å². The number of fused-ring (bicyclic) bond motifs is 1. The van der Waals surface area contributed by atoms with E-state index in [4.69, 9.17) is 0 Å². The van der Waals surface area contributed by atoms with Gasteiger partial charge in [-0.1, -0.05) is 24.3 Å². The lowest BCUT2D eigenvalue weighted by Crippen LogP contribution is -2.23. The van der Waals surface area contributed by atoms with E-state index >= 15 is 0 Å². The third kappa shape index (κ3) is 4.57. The van der Waals surface area contributed by atoms with Crippen molar-refractivity contribution in [2.24, 2.45) is 0 Å². The van der Waals surface area contributed by atoms with Gasteiger partial charge in [-0.3, -0.25) is 14.9 Å². The number of amides is 2. The zero-order chi connectivity index (χ0) is 20.4. The van der Waals surface area contributed by atoms with E-state index in [1.807, 2.05) is 42.6 Å². The number of aromatic nitrogens is 1. The second kappa shape index (κ2) is 8.47. The molecule has 2 amide bonds. The number of thiophene rings is 1. The van der Waals surface area contributed by atoms with E-state index in [0.29, 0.717) is 5.13 Å². The molecule has 0 saturated heterocycles. The van der Waals surface area contributed by atoms with Gasteiger partial charge < -0.3 is 5.32 Å². The van der Waals surface area contributed by atoms with Gasteiger partial charge in [-0.25, -0.2) is 4.98 Å². The number of aryl methyl sites for hydroxylation is 2. The Bertz CT molecular complexity index is 1010. The quantitative estimate of drug-likeness (QED) is 0.590. The Hall–Kier alpha value is -2.51. The van der Waals surface area contributed by atoms with Crippen LogP contribution in [0.3, 0.4) is 0 Å². The molecular weight excluding hydrogens is 402 g/mol. The maximum absolute atomic E-state index is 12.6. The summed E-state index contributed by atoms with van der Waals surface area (Å²) in [5.74, 6) is -0.127. The minimum absolute atomic E-state index is 0.0385. The molecule has 0 aliphatic heterocycles. The molecule has 1 unspecified atom stereocenters. The molecule has 150 valence electrons. The predicted molar refractivity (Wildman–Crippen MR) is 119 cm³/mol. The van der Waals surface area contributed by atoms with Gasteiger partial charge in [0, 0.05) is 22.7 Å². The number of hydrogen-bond donors (Lipinski definition) is 2. The van der Waals surface area contributed by atoms with E-state index in [1.165, 1.54) is 41.5 Å². The molecule has 2 aromatic heterocycles. The molecule has 1 aliphatic rings. The lowest BCUT2D eigenvalue weighted by molar-refractivity contribution is -0.119. The second-order valence-corrected chi connectivity index (χ2v) is 9.30. The Morgan fingerprint density at radius 1 is 1.14 bits per heavy atom. The van der Waals surface area contributed by atoms with Crippen LogP contribution in [0.4, 0.5) is 5.13 Å². The zero-order valence-electron chi connectivity index (χ0n) is 16.5. The van der Waals surface area contributed by atoms with Crippen molar-refractivity contribution in [2.45, 2.75) is 45.6 Å². The first kappa shape index (κ1) is 19.8. The SMILES string of the molecule is CC(=O)NC(C)c1ccc(-c2csc(NC(=O)c3cc4c(s3)CCCC4)n2)cc1. The molecular formula is C22H23N3O2S2. The number of carbonyl (C=O) groups excluding carboxylic acids is 2. The van der Waals surface area contributed by atoms with Crippen molar-refractivity contribution in [3.63, 3.8) is 0 Å². The summed E-state index contributed by atoms with van der Waals surface area (Å²) < 4.78 is 0. The van der Waals surface area contributed by atoms with Crippen molar-refractivity contribution in [1.29, 1.82) is 0 Å². The van der Waals surface area contributed by atoms with Crippen molar-refractivity contribution in [3.05, 3.63) is 56.6 Å². The first-order chi connectivity index (χ1) is 14.0. The third-order valence-corrected chi connectivity index (χ3v) is 7.06. The number of carbonyl (C=O) groups is 2. The Morgan fingerprint density at radius 3 is 2.62 bits per heavy atom. The molecule has 3 aromatic rings. The molecule has 0 bridgehead atoms. The maximum atomic E-state index is 12.6. The fourth-order valence-electron chi connectivity index (χ4n) is 3.56. The smallest absolute Gasteiger partial charge is 0.267 e. The molecule has 0 fully saturated rings. The van der Waals surface area contributed by atoms with Gasteiger partial charge in [0.25, 0.3) is 5.91 Å². The van der Waals surface area contributed by atoms with Crippen LogP contribution in [-0.2, 0) is 17.6 Å². The molecule has 1 atom stereocenters. The second-order valence-electron chi connectivity index (χ2n) is 7.30. The van der Waals surface area contributed by atoms with E-state index in [-0.39, 0.29) is 17.9 Å². The molecule has 1 aliphatic carbocycles. The third-order valence-electron chi connectivity index (χ3n) is 5.07. The number of nitrogens with one attached hydrogen (secondary N) is 2. The lowest BCUT2D eigenvalue weighted by atomic mass is 9.99. The Morgan fingerprint density at radius 2 is 1.90 bits per heavy atom. The van der Waals surface area contributed by atoms with Crippen molar-refractivity contribution in [2.75, 3.05) is 5.32 Å². The lowest BCUT2D eigenvalue weighted by Gasteiger charge is -2.12. The molecule has 1 aromatic carbocycles. The molecule has 29 heavy (non-hydrogen) atoms. The standard InChI is InChI=1S/C22H23N3O2S2/c1-13(23-14(2)26)15-7-9-16(10-8-15)18-12-28-22(24-18)25-21(27)20-11-17-5-3-4-6-19(17)29-20/h7-13H,3-6H2,1-2H3,(H,23,26)(H,24,25,27). The van der Waals surface area contributed by atoms with Gasteiger partial charge in [-0.05, 0) is 49.8 Å². The maximum Gasteiger partial charge on any atom is 0.267 e. The molecule has 7 heteroatoms. The molecule has 2 N–H and O–H groups in total. The fourth-order valence-corrected chi connectivity index (χ4v) is 5.42. The van der Waals surface area contributed by atoms with Gasteiger partial charge >= 0.3 is 0 Å². The average Bonchev–Trinajstić information content (AvgIpc) is 3.34. The highest BCUT2D eigenvalue weighted by Gasteiger charge is 2.18. The number of anilines is 1. The minimum atomic E-state index is -0.0789. The van der Waals surface area contributed by atoms with E-state index in [0.717, 1.165) is 34.5 Å². The number of hydrogen-bond acceptors (Lipinski definition) is 5. The summed E-state index contributed by atoms with van der Waals surface area (Å²) in [6, 6.07) is 9.96. The van der Waals surface area contributed by atoms with Crippen LogP contribution in [0.5, 0.6) is 0 Å². The molecule has 2 heterocycles. The predicted octanol–water partition coefficient (Wildman–Crippen LogP) is 5.20. The Balaban J connectivity index is 1.43. The van der Waals surface area contributed by atoms with Gasteiger partial charge in [-0.2, -0.15) is 0 Å². The van der Waals surface area contributed by atoms with Crippen LogP contribution in [0, 0.1) is 0 Å². The van der Waals surface area contributed by atoms with Crippen LogP contribution >= 0.6 is 22.7 Å². The summed E-state index contributed by atoms with van der Waals surface area (Å²) in [4.78, 5) is 30.5. The van der Waals surface area contributed by atoms with E-state index in [9.17, 15) is 9.59 Å². The molecule has 0 spiro atoms. The summed E-state index contributed by atoms with van der Waals surface area (Å²) in [6.45, 7) is 3.47. The Kier molecular flexibility index (Phi) is 5.78. The van der Waals surface area contributed by atoms with E-state index in [2.05, 4.69) is 15.6 Å². The highest BCUT2D eigenvalue weighted by atomic mass is 32.1. The first-order valence-corrected chi connectivity index (χ1v) is 11.4. The Labute approximate surface area is 178 Å². The molecule has 0 saturated carbocycles. The van der Waals surface area contributed by atoms with Gasteiger partial charge in [0.05, 0.1) is 16.6 Å².